The SMILES string of the molecule is CC(C)(O)[C@@H](C1CC1)N1Cc2cccc(-c3cc(Cl)cc(C#N)n3)c2C1=O. The summed E-state index contributed by atoms with van der Waals surface area (Å²) in [5.74, 6) is 0.237. The van der Waals surface area contributed by atoms with Gasteiger partial charge in [-0.1, -0.05) is 29.8 Å². The van der Waals surface area contributed by atoms with Gasteiger partial charge in [0, 0.05) is 17.1 Å². The molecule has 2 aromatic rings. The molecule has 1 aromatic heterocycles. The normalized spacial score (nSPS) is 17.6. The van der Waals surface area contributed by atoms with Gasteiger partial charge in [-0.2, -0.15) is 5.26 Å². The van der Waals surface area contributed by atoms with Crippen molar-refractivity contribution in [1.82, 2.24) is 9.88 Å². The van der Waals surface area contributed by atoms with Crippen molar-refractivity contribution in [1.29, 1.82) is 5.26 Å². The Morgan fingerprint density at radius 1 is 1.37 bits per heavy atom. The Kier molecular flexibility index (Phi) is 4.21. The number of hydrogen-bond donors (Lipinski definition) is 1. The summed E-state index contributed by atoms with van der Waals surface area (Å²) in [5, 5.41) is 20.3. The van der Waals surface area contributed by atoms with Crippen LogP contribution in [-0.2, 0) is 6.54 Å². The van der Waals surface area contributed by atoms with E-state index in [2.05, 4.69) is 4.98 Å². The Bertz CT molecular complexity index is 970. The highest BCUT2D eigenvalue weighted by molar-refractivity contribution is 6.31. The maximum atomic E-state index is 13.3. The zero-order chi connectivity index (χ0) is 19.3. The molecule has 2 heterocycles. The lowest BCUT2D eigenvalue weighted by Crippen LogP contribution is -2.51. The molecule has 0 bridgehead atoms. The summed E-state index contributed by atoms with van der Waals surface area (Å²) in [6.45, 7) is 4.01. The molecule has 1 saturated carbocycles. The number of fused-ring (bicyclic) bond motifs is 1. The number of aromatic nitrogens is 1. The van der Waals surface area contributed by atoms with Gasteiger partial charge >= 0.3 is 0 Å². The third-order valence-electron chi connectivity index (χ3n) is 5.27. The molecule has 6 heteroatoms. The van der Waals surface area contributed by atoms with E-state index < -0.39 is 5.60 Å². The molecular formula is C21H20ClN3O2. The Labute approximate surface area is 163 Å². The van der Waals surface area contributed by atoms with Crippen molar-refractivity contribution in [3.8, 4) is 17.3 Å². The summed E-state index contributed by atoms with van der Waals surface area (Å²) in [5.41, 5.74) is 1.92. The van der Waals surface area contributed by atoms with Crippen LogP contribution < -0.4 is 0 Å². The molecule has 0 radical (unpaired) electrons. The molecule has 1 amide bonds. The predicted molar refractivity (Wildman–Crippen MR) is 102 cm³/mol. The highest BCUT2D eigenvalue weighted by Crippen LogP contribution is 2.44. The predicted octanol–water partition coefficient (Wildman–Crippen LogP) is 3.78. The minimum Gasteiger partial charge on any atom is -0.388 e. The molecule has 138 valence electrons. The number of nitrogens with zero attached hydrogens (tertiary/aromatic N) is 3. The fourth-order valence-electron chi connectivity index (χ4n) is 4.14. The van der Waals surface area contributed by atoms with Crippen molar-refractivity contribution in [2.24, 2.45) is 5.92 Å². The number of nitriles is 1. The molecule has 1 atom stereocenters. The molecule has 1 aliphatic heterocycles. The summed E-state index contributed by atoms with van der Waals surface area (Å²) in [6.07, 6.45) is 2.06. The molecule has 4 rings (SSSR count). The van der Waals surface area contributed by atoms with Crippen LogP contribution in [0.3, 0.4) is 0 Å². The van der Waals surface area contributed by atoms with Crippen molar-refractivity contribution in [2.75, 3.05) is 0 Å². The van der Waals surface area contributed by atoms with Gasteiger partial charge in [0.05, 0.1) is 22.9 Å². The van der Waals surface area contributed by atoms with Gasteiger partial charge in [0.15, 0.2) is 0 Å². The van der Waals surface area contributed by atoms with Crippen LogP contribution in [0.4, 0.5) is 0 Å². The van der Waals surface area contributed by atoms with E-state index >= 15 is 0 Å². The molecular weight excluding hydrogens is 362 g/mol. The number of benzene rings is 1. The number of carbonyl (C=O) groups is 1. The van der Waals surface area contributed by atoms with Crippen LogP contribution in [0.2, 0.25) is 5.02 Å². The van der Waals surface area contributed by atoms with Crippen molar-refractivity contribution < 1.29 is 9.90 Å². The highest BCUT2D eigenvalue weighted by atomic mass is 35.5. The molecule has 5 nitrogen and oxygen atoms in total. The quantitative estimate of drug-likeness (QED) is 0.874. The Balaban J connectivity index is 1.79. The third kappa shape index (κ3) is 3.20. The van der Waals surface area contributed by atoms with Crippen LogP contribution >= 0.6 is 11.6 Å². The topological polar surface area (TPSA) is 77.2 Å². The van der Waals surface area contributed by atoms with Crippen molar-refractivity contribution >= 4 is 17.5 Å². The lowest BCUT2D eigenvalue weighted by atomic mass is 9.93. The first-order valence-corrected chi connectivity index (χ1v) is 9.40. The van der Waals surface area contributed by atoms with E-state index in [9.17, 15) is 15.2 Å². The first-order chi connectivity index (χ1) is 12.8. The molecule has 0 unspecified atom stereocenters. The molecule has 0 saturated heterocycles. The number of aliphatic hydroxyl groups is 1. The van der Waals surface area contributed by atoms with Crippen LogP contribution in [0.5, 0.6) is 0 Å². The molecule has 27 heavy (non-hydrogen) atoms. The first kappa shape index (κ1) is 18.0. The van der Waals surface area contributed by atoms with Gasteiger partial charge in [0.25, 0.3) is 5.91 Å². The van der Waals surface area contributed by atoms with E-state index in [0.717, 1.165) is 18.4 Å². The van der Waals surface area contributed by atoms with E-state index in [4.69, 9.17) is 11.6 Å². The van der Waals surface area contributed by atoms with Gasteiger partial charge in [-0.3, -0.25) is 4.79 Å². The Morgan fingerprint density at radius 3 is 2.74 bits per heavy atom. The molecule has 1 aliphatic carbocycles. The van der Waals surface area contributed by atoms with E-state index in [1.54, 1.807) is 24.8 Å². The Hall–Kier alpha value is -2.42. The van der Waals surface area contributed by atoms with Crippen LogP contribution in [0.1, 0.15) is 48.3 Å². The van der Waals surface area contributed by atoms with E-state index in [-0.39, 0.29) is 17.6 Å². The van der Waals surface area contributed by atoms with Gasteiger partial charge in [-0.25, -0.2) is 4.98 Å². The number of carbonyl (C=O) groups excluding carboxylic acids is 1. The molecule has 1 aromatic carbocycles. The van der Waals surface area contributed by atoms with Crippen LogP contribution in [0.25, 0.3) is 11.3 Å². The lowest BCUT2D eigenvalue weighted by Gasteiger charge is -2.37. The average Bonchev–Trinajstić information content (AvgIpc) is 3.37. The zero-order valence-electron chi connectivity index (χ0n) is 15.2. The second-order valence-corrected chi connectivity index (χ2v) is 8.31. The summed E-state index contributed by atoms with van der Waals surface area (Å²) in [4.78, 5) is 19.5. The lowest BCUT2D eigenvalue weighted by molar-refractivity contribution is -0.0224. The second-order valence-electron chi connectivity index (χ2n) is 7.88. The van der Waals surface area contributed by atoms with E-state index in [1.807, 2.05) is 24.3 Å². The van der Waals surface area contributed by atoms with Crippen molar-refractivity contribution in [3.05, 3.63) is 52.2 Å². The fraction of sp³-hybridized carbons (Fsp3) is 0.381. The number of pyridine rings is 1. The smallest absolute Gasteiger partial charge is 0.255 e. The Morgan fingerprint density at radius 2 is 2.11 bits per heavy atom. The summed E-state index contributed by atoms with van der Waals surface area (Å²) < 4.78 is 0. The molecule has 2 aliphatic rings. The van der Waals surface area contributed by atoms with Gasteiger partial charge in [-0.05, 0) is 50.3 Å². The van der Waals surface area contributed by atoms with E-state index in [0.29, 0.717) is 34.3 Å². The van der Waals surface area contributed by atoms with Crippen LogP contribution in [0, 0.1) is 17.2 Å². The number of amides is 1. The molecule has 1 N–H and O–H groups in total. The third-order valence-corrected chi connectivity index (χ3v) is 5.49. The van der Waals surface area contributed by atoms with Crippen molar-refractivity contribution in [2.45, 2.75) is 44.9 Å². The average molecular weight is 382 g/mol. The molecule has 0 spiro atoms. The monoisotopic (exact) mass is 381 g/mol. The number of rotatable bonds is 4. The summed E-state index contributed by atoms with van der Waals surface area (Å²) in [7, 11) is 0. The van der Waals surface area contributed by atoms with Gasteiger partial charge < -0.3 is 10.0 Å². The number of hydrogen-bond acceptors (Lipinski definition) is 4. The van der Waals surface area contributed by atoms with E-state index in [1.165, 1.54) is 6.07 Å². The van der Waals surface area contributed by atoms with Crippen LogP contribution in [0.15, 0.2) is 30.3 Å². The van der Waals surface area contributed by atoms with Gasteiger partial charge in [0.1, 0.15) is 11.8 Å². The van der Waals surface area contributed by atoms with Gasteiger partial charge in [-0.15, -0.1) is 0 Å². The fourth-order valence-corrected chi connectivity index (χ4v) is 4.35. The largest absolute Gasteiger partial charge is 0.388 e. The van der Waals surface area contributed by atoms with Crippen molar-refractivity contribution in [3.63, 3.8) is 0 Å². The zero-order valence-corrected chi connectivity index (χ0v) is 16.0. The second kappa shape index (κ2) is 6.33. The highest BCUT2D eigenvalue weighted by Gasteiger charge is 2.48. The van der Waals surface area contributed by atoms with Gasteiger partial charge in [0.2, 0.25) is 0 Å². The first-order valence-electron chi connectivity index (χ1n) is 9.03. The maximum Gasteiger partial charge on any atom is 0.255 e. The maximum absolute atomic E-state index is 13.3. The number of halogens is 1. The standard InChI is InChI=1S/C21H20ClN3O2/c1-21(2,27)19(12-6-7-12)25-11-13-4-3-5-16(18(13)20(25)26)17-9-14(22)8-15(10-23)24-17/h3-5,8-9,12,19,27H,6-7,11H2,1-2H3/t19-/m1/s1. The minimum atomic E-state index is -0.971. The summed E-state index contributed by atoms with van der Waals surface area (Å²) in [6, 6.07) is 10.6. The minimum absolute atomic E-state index is 0.0973. The molecule has 1 fully saturated rings. The van der Waals surface area contributed by atoms with Crippen LogP contribution in [-0.4, -0.2) is 32.5 Å². The summed E-state index contributed by atoms with van der Waals surface area (Å²) >= 11 is 6.14.